The van der Waals surface area contributed by atoms with Gasteiger partial charge in [-0.15, -0.1) is 0 Å². The molecule has 3 fully saturated rings. The van der Waals surface area contributed by atoms with Gasteiger partial charge in [0.15, 0.2) is 11.5 Å². The highest BCUT2D eigenvalue weighted by atomic mass is 19.4. The van der Waals surface area contributed by atoms with E-state index >= 15 is 0 Å². The third-order valence-corrected chi connectivity index (χ3v) is 9.45. The topological polar surface area (TPSA) is 75.2 Å². The van der Waals surface area contributed by atoms with Crippen molar-refractivity contribution in [1.29, 1.82) is 0 Å². The van der Waals surface area contributed by atoms with Gasteiger partial charge in [0.2, 0.25) is 12.0 Å². The van der Waals surface area contributed by atoms with Crippen LogP contribution in [0.4, 0.5) is 19.0 Å². The molecule has 232 valence electrons. The SMILES string of the molecule is O=C(C1COc2ccccc2O1)N1CCC(N2CCC(N(C(=O)C3CCCCC3)c3ccc(C(F)(F)F)cn3)CC2)CC1. The minimum Gasteiger partial charge on any atom is -0.485 e. The predicted molar refractivity (Wildman–Crippen MR) is 154 cm³/mol. The van der Waals surface area contributed by atoms with E-state index in [1.807, 2.05) is 29.2 Å². The molecule has 1 aromatic heterocycles. The molecule has 4 aliphatic rings. The molecule has 8 nitrogen and oxygen atoms in total. The Hall–Kier alpha value is -3.34. The zero-order chi connectivity index (χ0) is 30.0. The fourth-order valence-electron chi connectivity index (χ4n) is 7.03. The number of carbonyl (C=O) groups excluding carboxylic acids is 2. The number of hydrogen-bond acceptors (Lipinski definition) is 6. The van der Waals surface area contributed by atoms with E-state index in [-0.39, 0.29) is 30.4 Å². The van der Waals surface area contributed by atoms with E-state index < -0.39 is 17.8 Å². The summed E-state index contributed by atoms with van der Waals surface area (Å²) in [4.78, 5) is 37.1. The van der Waals surface area contributed by atoms with Crippen LogP contribution in [0.15, 0.2) is 42.6 Å². The third kappa shape index (κ3) is 6.61. The number of alkyl halides is 3. The average Bonchev–Trinajstić information content (AvgIpc) is 3.05. The smallest absolute Gasteiger partial charge is 0.417 e. The number of amides is 2. The summed E-state index contributed by atoms with van der Waals surface area (Å²) in [6.07, 6.45) is 3.62. The molecule has 2 saturated heterocycles. The molecule has 1 aromatic carbocycles. The largest absolute Gasteiger partial charge is 0.485 e. The highest BCUT2D eigenvalue weighted by Gasteiger charge is 2.38. The molecule has 0 spiro atoms. The highest BCUT2D eigenvalue weighted by Crippen LogP contribution is 2.35. The molecule has 6 rings (SSSR count). The van der Waals surface area contributed by atoms with Crippen molar-refractivity contribution in [1.82, 2.24) is 14.8 Å². The van der Waals surface area contributed by atoms with Gasteiger partial charge in [0.05, 0.1) is 5.56 Å². The third-order valence-electron chi connectivity index (χ3n) is 9.45. The Morgan fingerprint density at radius 1 is 0.860 bits per heavy atom. The molecular formula is C32H39F3N4O4. The van der Waals surface area contributed by atoms with Crippen LogP contribution in [0, 0.1) is 5.92 Å². The zero-order valence-electron chi connectivity index (χ0n) is 24.3. The summed E-state index contributed by atoms with van der Waals surface area (Å²) in [6.45, 7) is 3.07. The number of benzene rings is 1. The lowest BCUT2D eigenvalue weighted by atomic mass is 9.87. The van der Waals surface area contributed by atoms with Gasteiger partial charge in [-0.05, 0) is 62.8 Å². The molecule has 1 atom stereocenters. The van der Waals surface area contributed by atoms with E-state index in [2.05, 4.69) is 9.88 Å². The fraction of sp³-hybridized carbons (Fsp3) is 0.594. The first kappa shape index (κ1) is 29.7. The summed E-state index contributed by atoms with van der Waals surface area (Å²) in [6, 6.07) is 9.96. The normalized spacial score (nSPS) is 22.8. The molecule has 4 heterocycles. The van der Waals surface area contributed by atoms with Gasteiger partial charge in [-0.25, -0.2) is 4.98 Å². The molecule has 1 aliphatic carbocycles. The molecule has 2 aromatic rings. The standard InChI is InChI=1S/C32H39F3N4O4/c33-32(34,35)23-10-11-29(36-20-23)39(30(40)22-6-2-1-3-7-22)25-14-16-37(17-15-25)24-12-18-38(19-13-24)31(41)28-21-42-26-8-4-5-9-27(26)43-28/h4-5,8-11,20,22,24-25,28H,1-3,6-7,12-19,21H2. The van der Waals surface area contributed by atoms with Crippen molar-refractivity contribution >= 4 is 17.6 Å². The van der Waals surface area contributed by atoms with Crippen LogP contribution in [0.1, 0.15) is 63.4 Å². The number of ether oxygens (including phenoxy) is 2. The van der Waals surface area contributed by atoms with Gasteiger partial charge >= 0.3 is 6.18 Å². The number of halogens is 3. The Morgan fingerprint density at radius 3 is 2.21 bits per heavy atom. The summed E-state index contributed by atoms with van der Waals surface area (Å²) in [5.41, 5.74) is -0.812. The lowest BCUT2D eigenvalue weighted by Gasteiger charge is -2.44. The van der Waals surface area contributed by atoms with E-state index in [1.54, 1.807) is 4.90 Å². The van der Waals surface area contributed by atoms with Crippen LogP contribution in [0.25, 0.3) is 0 Å². The average molecular weight is 601 g/mol. The van der Waals surface area contributed by atoms with Crippen LogP contribution in [-0.4, -0.2) is 77.6 Å². The number of rotatable bonds is 5. The second kappa shape index (κ2) is 12.7. The molecule has 43 heavy (non-hydrogen) atoms. The number of aromatic nitrogens is 1. The van der Waals surface area contributed by atoms with Crippen molar-refractivity contribution in [3.63, 3.8) is 0 Å². The van der Waals surface area contributed by atoms with E-state index in [4.69, 9.17) is 9.47 Å². The van der Waals surface area contributed by atoms with Crippen LogP contribution in [0.3, 0.4) is 0 Å². The number of para-hydroxylation sites is 2. The Bertz CT molecular complexity index is 1270. The number of fused-ring (bicyclic) bond motifs is 1. The maximum Gasteiger partial charge on any atom is 0.417 e. The molecule has 0 radical (unpaired) electrons. The number of hydrogen-bond donors (Lipinski definition) is 0. The summed E-state index contributed by atoms with van der Waals surface area (Å²) in [5, 5.41) is 0. The number of anilines is 1. The van der Waals surface area contributed by atoms with Gasteiger partial charge in [0, 0.05) is 50.4 Å². The number of carbonyl (C=O) groups is 2. The van der Waals surface area contributed by atoms with Crippen molar-refractivity contribution in [2.45, 2.75) is 82.2 Å². The van der Waals surface area contributed by atoms with E-state index in [0.29, 0.717) is 36.4 Å². The van der Waals surface area contributed by atoms with E-state index in [9.17, 15) is 22.8 Å². The molecule has 0 N–H and O–H groups in total. The Kier molecular flexibility index (Phi) is 8.79. The molecular weight excluding hydrogens is 561 g/mol. The van der Waals surface area contributed by atoms with Gasteiger partial charge in [0.1, 0.15) is 12.4 Å². The first-order chi connectivity index (χ1) is 20.8. The Morgan fingerprint density at radius 2 is 1.56 bits per heavy atom. The van der Waals surface area contributed by atoms with Crippen molar-refractivity contribution in [3.8, 4) is 11.5 Å². The Balaban J connectivity index is 1.05. The van der Waals surface area contributed by atoms with Crippen LogP contribution in [0.5, 0.6) is 11.5 Å². The maximum atomic E-state index is 13.8. The minimum absolute atomic E-state index is 0.00577. The predicted octanol–water partition coefficient (Wildman–Crippen LogP) is 5.31. The summed E-state index contributed by atoms with van der Waals surface area (Å²) in [5.74, 6) is 1.39. The molecule has 2 amide bonds. The van der Waals surface area contributed by atoms with Gasteiger partial charge < -0.3 is 19.3 Å². The number of nitrogens with zero attached hydrogens (tertiary/aromatic N) is 4. The van der Waals surface area contributed by atoms with Crippen molar-refractivity contribution < 1.29 is 32.2 Å². The molecule has 0 bridgehead atoms. The lowest BCUT2D eigenvalue weighted by molar-refractivity contribution is -0.143. The fourth-order valence-corrected chi connectivity index (χ4v) is 7.03. The van der Waals surface area contributed by atoms with Crippen LogP contribution in [-0.2, 0) is 15.8 Å². The van der Waals surface area contributed by atoms with Crippen molar-refractivity contribution in [3.05, 3.63) is 48.2 Å². The number of pyridine rings is 1. The quantitative estimate of drug-likeness (QED) is 0.463. The molecule has 11 heteroatoms. The van der Waals surface area contributed by atoms with E-state index in [0.717, 1.165) is 83.1 Å². The number of piperidine rings is 2. The van der Waals surface area contributed by atoms with Gasteiger partial charge in [-0.1, -0.05) is 31.4 Å². The second-order valence-electron chi connectivity index (χ2n) is 12.1. The summed E-state index contributed by atoms with van der Waals surface area (Å²) in [7, 11) is 0. The Labute approximate surface area is 250 Å². The van der Waals surface area contributed by atoms with Crippen molar-refractivity contribution in [2.24, 2.45) is 5.92 Å². The molecule has 1 saturated carbocycles. The van der Waals surface area contributed by atoms with Gasteiger partial charge in [-0.2, -0.15) is 13.2 Å². The monoisotopic (exact) mass is 600 g/mol. The van der Waals surface area contributed by atoms with Crippen LogP contribution >= 0.6 is 0 Å². The number of likely N-dealkylation sites (tertiary alicyclic amines) is 2. The maximum absolute atomic E-state index is 13.8. The lowest BCUT2D eigenvalue weighted by Crippen LogP contribution is -2.55. The first-order valence-electron chi connectivity index (χ1n) is 15.6. The van der Waals surface area contributed by atoms with Crippen molar-refractivity contribution in [2.75, 3.05) is 37.7 Å². The van der Waals surface area contributed by atoms with Gasteiger partial charge in [0.25, 0.3) is 5.91 Å². The summed E-state index contributed by atoms with van der Waals surface area (Å²) < 4.78 is 51.3. The van der Waals surface area contributed by atoms with E-state index in [1.165, 1.54) is 6.07 Å². The van der Waals surface area contributed by atoms with Crippen LogP contribution in [0.2, 0.25) is 0 Å². The summed E-state index contributed by atoms with van der Waals surface area (Å²) >= 11 is 0. The molecule has 1 unspecified atom stereocenters. The second-order valence-corrected chi connectivity index (χ2v) is 12.1. The zero-order valence-corrected chi connectivity index (χ0v) is 24.3. The highest BCUT2D eigenvalue weighted by molar-refractivity contribution is 5.94. The first-order valence-corrected chi connectivity index (χ1v) is 15.6. The minimum atomic E-state index is -4.47. The molecule has 3 aliphatic heterocycles. The van der Waals surface area contributed by atoms with Crippen LogP contribution < -0.4 is 14.4 Å². The van der Waals surface area contributed by atoms with Gasteiger partial charge in [-0.3, -0.25) is 14.5 Å².